The van der Waals surface area contributed by atoms with Crippen LogP contribution < -0.4 is 10.6 Å². The summed E-state index contributed by atoms with van der Waals surface area (Å²) in [5.74, 6) is -0.173. The van der Waals surface area contributed by atoms with Gasteiger partial charge < -0.3 is 15.7 Å². The van der Waals surface area contributed by atoms with E-state index in [1.54, 1.807) is 13.1 Å². The molecular formula is C11H16N2O2. The van der Waals surface area contributed by atoms with Gasteiger partial charge >= 0.3 is 0 Å². The van der Waals surface area contributed by atoms with Crippen LogP contribution in [0.15, 0.2) is 18.2 Å². The lowest BCUT2D eigenvalue weighted by atomic mass is 10.1. The first kappa shape index (κ1) is 11.5. The van der Waals surface area contributed by atoms with Crippen LogP contribution in [0.25, 0.3) is 0 Å². The molecule has 0 aliphatic carbocycles. The Hall–Kier alpha value is -1.55. The third kappa shape index (κ3) is 2.95. The summed E-state index contributed by atoms with van der Waals surface area (Å²) < 4.78 is 0. The molecule has 0 radical (unpaired) electrons. The largest absolute Gasteiger partial charge is 0.395 e. The second kappa shape index (κ2) is 5.36. The molecule has 1 amide bonds. The highest BCUT2D eigenvalue weighted by molar-refractivity contribution is 5.99. The maximum absolute atomic E-state index is 11.6. The summed E-state index contributed by atoms with van der Waals surface area (Å²) in [5.41, 5.74) is 2.49. The van der Waals surface area contributed by atoms with Gasteiger partial charge in [-0.05, 0) is 24.6 Å². The zero-order valence-electron chi connectivity index (χ0n) is 9.00. The number of rotatable bonds is 4. The van der Waals surface area contributed by atoms with E-state index in [-0.39, 0.29) is 19.1 Å². The number of carbonyl (C=O) groups is 1. The van der Waals surface area contributed by atoms with Crippen LogP contribution in [0.4, 0.5) is 5.69 Å². The van der Waals surface area contributed by atoms with Crippen LogP contribution in [0.2, 0.25) is 0 Å². The maximum Gasteiger partial charge on any atom is 0.253 e. The number of nitrogens with one attached hydrogen (secondary N) is 2. The number of benzene rings is 1. The van der Waals surface area contributed by atoms with Crippen molar-refractivity contribution in [2.75, 3.05) is 25.5 Å². The molecule has 4 heteroatoms. The summed E-state index contributed by atoms with van der Waals surface area (Å²) in [6.45, 7) is 2.19. The molecule has 15 heavy (non-hydrogen) atoms. The molecule has 0 saturated heterocycles. The summed E-state index contributed by atoms with van der Waals surface area (Å²) in [7, 11) is 1.78. The minimum absolute atomic E-state index is 0.0491. The van der Waals surface area contributed by atoms with Gasteiger partial charge in [-0.3, -0.25) is 4.79 Å². The van der Waals surface area contributed by atoms with Gasteiger partial charge in [-0.2, -0.15) is 0 Å². The second-order valence-corrected chi connectivity index (χ2v) is 3.28. The Morgan fingerprint density at radius 1 is 1.47 bits per heavy atom. The lowest BCUT2D eigenvalue weighted by Gasteiger charge is -2.09. The van der Waals surface area contributed by atoms with E-state index in [0.29, 0.717) is 5.56 Å². The van der Waals surface area contributed by atoms with E-state index in [1.807, 2.05) is 19.1 Å². The average Bonchev–Trinajstić information content (AvgIpc) is 2.25. The Labute approximate surface area is 89.3 Å². The van der Waals surface area contributed by atoms with Crippen LogP contribution >= 0.6 is 0 Å². The smallest absolute Gasteiger partial charge is 0.253 e. The van der Waals surface area contributed by atoms with Crippen molar-refractivity contribution < 1.29 is 9.90 Å². The Bertz CT molecular complexity index is 350. The van der Waals surface area contributed by atoms with E-state index >= 15 is 0 Å². The number of aliphatic hydroxyl groups excluding tert-OH is 1. The number of anilines is 1. The van der Waals surface area contributed by atoms with Crippen molar-refractivity contribution in [1.29, 1.82) is 0 Å². The number of hydrogen-bond donors (Lipinski definition) is 3. The van der Waals surface area contributed by atoms with Gasteiger partial charge in [0.05, 0.1) is 12.2 Å². The van der Waals surface area contributed by atoms with Gasteiger partial charge in [-0.1, -0.05) is 6.07 Å². The maximum atomic E-state index is 11.6. The molecule has 3 N–H and O–H groups in total. The molecule has 0 spiro atoms. The van der Waals surface area contributed by atoms with Crippen LogP contribution in [0.3, 0.4) is 0 Å². The standard InChI is InChI=1S/C11H16N2O2/c1-8-3-4-9(10(7-8)12-2)11(15)13-5-6-14/h3-4,7,12,14H,5-6H2,1-2H3,(H,13,15). The molecule has 0 heterocycles. The molecule has 0 saturated carbocycles. The average molecular weight is 208 g/mol. The zero-order chi connectivity index (χ0) is 11.3. The van der Waals surface area contributed by atoms with Gasteiger partial charge in [-0.25, -0.2) is 0 Å². The first-order valence-corrected chi connectivity index (χ1v) is 4.86. The fraction of sp³-hybridized carbons (Fsp3) is 0.364. The predicted molar refractivity (Wildman–Crippen MR) is 60.1 cm³/mol. The van der Waals surface area contributed by atoms with E-state index in [1.165, 1.54) is 0 Å². The van der Waals surface area contributed by atoms with Crippen molar-refractivity contribution in [3.05, 3.63) is 29.3 Å². The van der Waals surface area contributed by atoms with Crippen LogP contribution in [0.5, 0.6) is 0 Å². The van der Waals surface area contributed by atoms with Gasteiger partial charge in [-0.15, -0.1) is 0 Å². The molecule has 0 atom stereocenters. The van der Waals surface area contributed by atoms with Crippen molar-refractivity contribution in [2.24, 2.45) is 0 Å². The Balaban J connectivity index is 2.87. The van der Waals surface area contributed by atoms with Crippen LogP contribution in [-0.4, -0.2) is 31.2 Å². The van der Waals surface area contributed by atoms with Crippen molar-refractivity contribution in [3.8, 4) is 0 Å². The number of hydrogen-bond acceptors (Lipinski definition) is 3. The quantitative estimate of drug-likeness (QED) is 0.684. The SMILES string of the molecule is CNc1cc(C)ccc1C(=O)NCCO. The lowest BCUT2D eigenvalue weighted by Crippen LogP contribution is -2.27. The summed E-state index contributed by atoms with van der Waals surface area (Å²) in [4.78, 5) is 11.6. The molecule has 0 fully saturated rings. The van der Waals surface area contributed by atoms with Crippen molar-refractivity contribution in [1.82, 2.24) is 5.32 Å². The topological polar surface area (TPSA) is 61.4 Å². The minimum Gasteiger partial charge on any atom is -0.395 e. The molecule has 82 valence electrons. The van der Waals surface area contributed by atoms with Gasteiger partial charge in [0.25, 0.3) is 5.91 Å². The van der Waals surface area contributed by atoms with Gasteiger partial charge in [0.15, 0.2) is 0 Å². The van der Waals surface area contributed by atoms with E-state index in [4.69, 9.17) is 5.11 Å². The molecular weight excluding hydrogens is 192 g/mol. The summed E-state index contributed by atoms with van der Waals surface area (Å²) in [5, 5.41) is 14.2. The minimum atomic E-state index is -0.173. The third-order valence-corrected chi connectivity index (χ3v) is 2.09. The van der Waals surface area contributed by atoms with Crippen molar-refractivity contribution in [2.45, 2.75) is 6.92 Å². The summed E-state index contributed by atoms with van der Waals surface area (Å²) >= 11 is 0. The van der Waals surface area contributed by atoms with E-state index in [2.05, 4.69) is 10.6 Å². The third-order valence-electron chi connectivity index (χ3n) is 2.09. The van der Waals surface area contributed by atoms with E-state index < -0.39 is 0 Å². The van der Waals surface area contributed by atoms with E-state index in [0.717, 1.165) is 11.3 Å². The fourth-order valence-electron chi connectivity index (χ4n) is 1.33. The molecule has 0 aliphatic heterocycles. The highest BCUT2D eigenvalue weighted by atomic mass is 16.3. The van der Waals surface area contributed by atoms with E-state index in [9.17, 15) is 4.79 Å². The molecule has 0 unspecified atom stereocenters. The van der Waals surface area contributed by atoms with Crippen molar-refractivity contribution in [3.63, 3.8) is 0 Å². The summed E-state index contributed by atoms with van der Waals surface area (Å²) in [6, 6.07) is 5.57. The monoisotopic (exact) mass is 208 g/mol. The van der Waals surface area contributed by atoms with Gasteiger partial charge in [0.2, 0.25) is 0 Å². The predicted octanol–water partition coefficient (Wildman–Crippen LogP) is 0.759. The Morgan fingerprint density at radius 3 is 2.80 bits per heavy atom. The van der Waals surface area contributed by atoms with Gasteiger partial charge in [0.1, 0.15) is 0 Å². The number of aliphatic hydroxyl groups is 1. The summed E-state index contributed by atoms with van der Waals surface area (Å²) in [6.07, 6.45) is 0. The van der Waals surface area contributed by atoms with Crippen LogP contribution in [-0.2, 0) is 0 Å². The lowest BCUT2D eigenvalue weighted by molar-refractivity contribution is 0.0945. The molecule has 1 aromatic rings. The highest BCUT2D eigenvalue weighted by Gasteiger charge is 2.09. The Kier molecular flexibility index (Phi) is 4.12. The molecule has 1 aromatic carbocycles. The first-order chi connectivity index (χ1) is 7.19. The number of amides is 1. The van der Waals surface area contributed by atoms with Crippen LogP contribution in [0, 0.1) is 6.92 Å². The molecule has 0 aliphatic rings. The molecule has 4 nitrogen and oxygen atoms in total. The number of carbonyl (C=O) groups excluding carboxylic acids is 1. The van der Waals surface area contributed by atoms with Crippen molar-refractivity contribution >= 4 is 11.6 Å². The Morgan fingerprint density at radius 2 is 2.20 bits per heavy atom. The number of aryl methyl sites for hydroxylation is 1. The zero-order valence-corrected chi connectivity index (χ0v) is 9.00. The highest BCUT2D eigenvalue weighted by Crippen LogP contribution is 2.16. The van der Waals surface area contributed by atoms with Crippen LogP contribution in [0.1, 0.15) is 15.9 Å². The normalized spacial score (nSPS) is 9.80. The first-order valence-electron chi connectivity index (χ1n) is 4.86. The molecule has 0 aromatic heterocycles. The molecule has 0 bridgehead atoms. The fourth-order valence-corrected chi connectivity index (χ4v) is 1.33. The van der Waals surface area contributed by atoms with Gasteiger partial charge in [0, 0.05) is 19.3 Å². The molecule has 1 rings (SSSR count). The second-order valence-electron chi connectivity index (χ2n) is 3.28.